The maximum Gasteiger partial charge on any atom is 0.194 e. The summed E-state index contributed by atoms with van der Waals surface area (Å²) in [5.74, 6) is -4.59. The average Bonchev–Trinajstić information content (AvgIpc) is 2.72. The van der Waals surface area contributed by atoms with Crippen LogP contribution in [0.15, 0.2) is 91.3 Å². The average molecular weight is 408 g/mol. The van der Waals surface area contributed by atoms with E-state index in [1.165, 1.54) is 11.6 Å². The predicted molar refractivity (Wildman–Crippen MR) is 114 cm³/mol. The van der Waals surface area contributed by atoms with Crippen molar-refractivity contribution in [2.75, 3.05) is 0 Å². The molecule has 0 amide bonds. The van der Waals surface area contributed by atoms with E-state index in [-0.39, 0.29) is 12.0 Å². The lowest BCUT2D eigenvalue weighted by molar-refractivity contribution is 0.445. The summed E-state index contributed by atoms with van der Waals surface area (Å²) < 4.78 is 53.2. The van der Waals surface area contributed by atoms with Crippen molar-refractivity contribution in [2.24, 2.45) is 0 Å². The summed E-state index contributed by atoms with van der Waals surface area (Å²) in [5.41, 5.74) is 4.86. The second-order valence-electron chi connectivity index (χ2n) is 6.97. The quantitative estimate of drug-likeness (QED) is 0.222. The fraction of sp³-hybridized carbons (Fsp3) is 0.0769. The van der Waals surface area contributed by atoms with Gasteiger partial charge >= 0.3 is 0 Å². The highest BCUT2D eigenvalue weighted by Crippen LogP contribution is 2.25. The van der Waals surface area contributed by atoms with Crippen molar-refractivity contribution in [1.29, 1.82) is 0 Å². The largest absolute Gasteiger partial charge is 0.208 e. The zero-order valence-corrected chi connectivity index (χ0v) is 16.4. The van der Waals surface area contributed by atoms with Gasteiger partial charge in [-0.3, -0.25) is 0 Å². The molecule has 0 aromatic heterocycles. The van der Waals surface area contributed by atoms with E-state index >= 15 is 0 Å². The van der Waals surface area contributed by atoms with Gasteiger partial charge in [0.15, 0.2) is 17.5 Å². The van der Waals surface area contributed by atoms with Gasteiger partial charge in [-0.2, -0.15) is 0 Å². The molecule has 0 radical (unpaired) electrons. The number of rotatable bonds is 6. The first-order valence-corrected chi connectivity index (χ1v) is 9.37. The molecule has 0 nitrogen and oxygen atoms in total. The van der Waals surface area contributed by atoms with Gasteiger partial charge in [-0.25, -0.2) is 17.6 Å². The summed E-state index contributed by atoms with van der Waals surface area (Å²) in [5, 5.41) is 0. The molecule has 3 aromatic carbocycles. The summed E-state index contributed by atoms with van der Waals surface area (Å²) in [4.78, 5) is 0. The molecule has 0 bridgehead atoms. The second kappa shape index (κ2) is 9.40. The van der Waals surface area contributed by atoms with Crippen LogP contribution in [0.1, 0.15) is 16.7 Å². The van der Waals surface area contributed by atoms with Gasteiger partial charge in [-0.05, 0) is 59.4 Å². The molecule has 152 valence electrons. The van der Waals surface area contributed by atoms with Gasteiger partial charge in [-0.15, -0.1) is 0 Å². The topological polar surface area (TPSA) is 0 Å². The molecule has 3 rings (SSSR count). The number of benzene rings is 3. The zero-order chi connectivity index (χ0) is 21.7. The molecule has 0 heterocycles. The van der Waals surface area contributed by atoms with Gasteiger partial charge in [0.1, 0.15) is 5.83 Å². The first-order chi connectivity index (χ1) is 14.3. The van der Waals surface area contributed by atoms with E-state index in [1.54, 1.807) is 12.2 Å². The summed E-state index contributed by atoms with van der Waals surface area (Å²) in [6.07, 6.45) is 4.72. The lowest BCUT2D eigenvalue weighted by atomic mass is 9.98. The van der Waals surface area contributed by atoms with E-state index in [1.807, 2.05) is 55.5 Å². The third kappa shape index (κ3) is 5.35. The highest BCUT2D eigenvalue weighted by atomic mass is 19.2. The molecule has 4 heteroatoms. The van der Waals surface area contributed by atoms with Crippen molar-refractivity contribution in [1.82, 2.24) is 0 Å². The van der Waals surface area contributed by atoms with Crippen LogP contribution in [0, 0.1) is 24.4 Å². The Hall–Kier alpha value is -3.40. The molecule has 0 spiro atoms. The number of hydrogen-bond donors (Lipinski definition) is 0. The third-order valence-electron chi connectivity index (χ3n) is 4.61. The monoisotopic (exact) mass is 408 g/mol. The molecule has 30 heavy (non-hydrogen) atoms. The fourth-order valence-corrected chi connectivity index (χ4v) is 3.05. The molecule has 0 aliphatic carbocycles. The maximum absolute atomic E-state index is 13.5. The van der Waals surface area contributed by atoms with Crippen LogP contribution in [0.25, 0.3) is 16.7 Å². The van der Waals surface area contributed by atoms with Crippen LogP contribution in [0.3, 0.4) is 0 Å². The van der Waals surface area contributed by atoms with Crippen molar-refractivity contribution < 1.29 is 17.6 Å². The Morgan fingerprint density at radius 2 is 1.40 bits per heavy atom. The Bertz CT molecular complexity index is 1080. The summed E-state index contributed by atoms with van der Waals surface area (Å²) in [6.45, 7) is 5.30. The van der Waals surface area contributed by atoms with Crippen molar-refractivity contribution in [3.05, 3.63) is 125 Å². The molecule has 0 saturated heterocycles. The number of allylic oxidation sites excluding steroid dienone is 5. The third-order valence-corrected chi connectivity index (χ3v) is 4.61. The van der Waals surface area contributed by atoms with Crippen LogP contribution < -0.4 is 0 Å². The van der Waals surface area contributed by atoms with Crippen LogP contribution in [-0.4, -0.2) is 0 Å². The molecule has 0 N–H and O–H groups in total. The van der Waals surface area contributed by atoms with E-state index in [0.717, 1.165) is 28.8 Å². The summed E-state index contributed by atoms with van der Waals surface area (Å²) in [7, 11) is 0. The Balaban J connectivity index is 1.81. The number of hydrogen-bond acceptors (Lipinski definition) is 0. The lowest BCUT2D eigenvalue weighted by Crippen LogP contribution is -1.93. The van der Waals surface area contributed by atoms with Gasteiger partial charge in [0.2, 0.25) is 0 Å². The standard InChI is InChI=1S/C26H20F4/c1-17-6-8-20(9-7-17)21-10-12-22(13-11-21)23(14-18(2)27)5-3-4-19-15-24(28)26(30)25(29)16-19/h3,5-16H,2,4H2,1H3/b5-3-,23-14+. The zero-order valence-electron chi connectivity index (χ0n) is 16.4. The molecule has 0 fully saturated rings. The van der Waals surface area contributed by atoms with Crippen molar-refractivity contribution in [2.45, 2.75) is 13.3 Å². The fourth-order valence-electron chi connectivity index (χ4n) is 3.05. The molecule has 0 atom stereocenters. The maximum atomic E-state index is 13.5. The van der Waals surface area contributed by atoms with Crippen LogP contribution in [0.5, 0.6) is 0 Å². The minimum Gasteiger partial charge on any atom is -0.208 e. The SMILES string of the molecule is C=C(F)/C=C(\C=C/Cc1cc(F)c(F)c(F)c1)c1ccc(-c2ccc(C)cc2)cc1. The van der Waals surface area contributed by atoms with E-state index in [2.05, 4.69) is 6.58 Å². The molecule has 0 unspecified atom stereocenters. The highest BCUT2D eigenvalue weighted by Gasteiger charge is 2.09. The van der Waals surface area contributed by atoms with E-state index in [4.69, 9.17) is 0 Å². The Morgan fingerprint density at radius 1 is 0.867 bits per heavy atom. The van der Waals surface area contributed by atoms with E-state index < -0.39 is 23.3 Å². The van der Waals surface area contributed by atoms with Gasteiger partial charge < -0.3 is 0 Å². The highest BCUT2D eigenvalue weighted by molar-refractivity contribution is 5.77. The molecular weight excluding hydrogens is 388 g/mol. The Kier molecular flexibility index (Phi) is 6.68. The molecule has 0 aliphatic heterocycles. The minimum absolute atomic E-state index is 0.158. The molecule has 0 saturated carbocycles. The van der Waals surface area contributed by atoms with E-state index in [9.17, 15) is 17.6 Å². The van der Waals surface area contributed by atoms with Crippen LogP contribution in [-0.2, 0) is 6.42 Å². The minimum atomic E-state index is -1.49. The van der Waals surface area contributed by atoms with Gasteiger partial charge in [-0.1, -0.05) is 72.8 Å². The van der Waals surface area contributed by atoms with Gasteiger partial charge in [0.05, 0.1) is 0 Å². The van der Waals surface area contributed by atoms with Crippen molar-refractivity contribution >= 4 is 5.57 Å². The Morgan fingerprint density at radius 3 is 1.93 bits per heavy atom. The summed E-state index contributed by atoms with van der Waals surface area (Å²) in [6, 6.07) is 17.6. The molecule has 3 aromatic rings. The first-order valence-electron chi connectivity index (χ1n) is 9.37. The van der Waals surface area contributed by atoms with Crippen LogP contribution in [0.2, 0.25) is 0 Å². The Labute approximate surface area is 173 Å². The smallest absolute Gasteiger partial charge is 0.194 e. The summed E-state index contributed by atoms with van der Waals surface area (Å²) >= 11 is 0. The predicted octanol–water partition coefficient (Wildman–Crippen LogP) is 7.74. The molecule has 0 aliphatic rings. The van der Waals surface area contributed by atoms with Crippen molar-refractivity contribution in [3.8, 4) is 11.1 Å². The van der Waals surface area contributed by atoms with Gasteiger partial charge in [0.25, 0.3) is 0 Å². The van der Waals surface area contributed by atoms with Crippen LogP contribution >= 0.6 is 0 Å². The van der Waals surface area contributed by atoms with Crippen LogP contribution in [0.4, 0.5) is 17.6 Å². The number of aryl methyl sites for hydroxylation is 1. The van der Waals surface area contributed by atoms with Crippen molar-refractivity contribution in [3.63, 3.8) is 0 Å². The lowest BCUT2D eigenvalue weighted by Gasteiger charge is -2.07. The first kappa shape index (κ1) is 21.3. The molecular formula is C26H20F4. The second-order valence-corrected chi connectivity index (χ2v) is 6.97. The normalized spacial score (nSPS) is 11.8. The number of halogens is 4. The van der Waals surface area contributed by atoms with E-state index in [0.29, 0.717) is 5.57 Å². The van der Waals surface area contributed by atoms with Gasteiger partial charge in [0, 0.05) is 0 Å².